The number of aliphatic carboxylic acids is 6. The van der Waals surface area contributed by atoms with Gasteiger partial charge in [-0.05, 0) is 63.7 Å². The zero-order valence-corrected chi connectivity index (χ0v) is 41.1. The Hall–Kier alpha value is -8.90. The summed E-state index contributed by atoms with van der Waals surface area (Å²) in [6.07, 6.45) is 10.9. The van der Waals surface area contributed by atoms with E-state index in [0.29, 0.717) is 96.2 Å². The van der Waals surface area contributed by atoms with Crippen molar-refractivity contribution in [2.24, 2.45) is 0 Å². The Labute approximate surface area is 425 Å². The van der Waals surface area contributed by atoms with Crippen LogP contribution in [0.5, 0.6) is 11.8 Å². The van der Waals surface area contributed by atoms with E-state index in [9.17, 15) is 38.4 Å². The summed E-state index contributed by atoms with van der Waals surface area (Å²) in [4.78, 5) is 104. The van der Waals surface area contributed by atoms with Crippen molar-refractivity contribution in [2.75, 3.05) is 40.4 Å². The Morgan fingerprint density at radius 1 is 0.527 bits per heavy atom. The second kappa shape index (κ2) is 33.6. The number of rotatable bonds is 18. The van der Waals surface area contributed by atoms with Crippen molar-refractivity contribution in [3.8, 4) is 11.8 Å². The molecule has 0 spiro atoms. The molecule has 396 valence electrons. The third kappa shape index (κ3) is 25.3. The van der Waals surface area contributed by atoms with Gasteiger partial charge in [0.15, 0.2) is 0 Å². The number of hydrogen-bond donors (Lipinski definition) is 8. The van der Waals surface area contributed by atoms with E-state index in [0.717, 1.165) is 51.9 Å². The van der Waals surface area contributed by atoms with Crippen LogP contribution in [0.2, 0.25) is 0 Å². The molecule has 0 aliphatic carbocycles. The highest BCUT2D eigenvalue weighted by Crippen LogP contribution is 2.22. The monoisotopic (exact) mass is 1030 g/mol. The second-order valence-corrected chi connectivity index (χ2v) is 15.6. The van der Waals surface area contributed by atoms with Gasteiger partial charge in [-0.1, -0.05) is 60.7 Å². The van der Waals surface area contributed by atoms with Gasteiger partial charge in [0.25, 0.3) is 11.8 Å². The number of carboxylic acids is 6. The average molecular weight is 1030 g/mol. The van der Waals surface area contributed by atoms with Crippen LogP contribution in [0.4, 0.5) is 0 Å². The van der Waals surface area contributed by atoms with Crippen molar-refractivity contribution in [1.82, 2.24) is 40.4 Å². The van der Waals surface area contributed by atoms with Crippen LogP contribution in [-0.4, -0.2) is 160 Å². The van der Waals surface area contributed by atoms with Crippen LogP contribution in [0.15, 0.2) is 110 Å². The van der Waals surface area contributed by atoms with E-state index in [1.54, 1.807) is 13.8 Å². The number of nitrogens with zero attached hydrogens (tertiary/aromatic N) is 6. The summed E-state index contributed by atoms with van der Waals surface area (Å²) in [5.41, 5.74) is 3.35. The summed E-state index contributed by atoms with van der Waals surface area (Å²) in [6, 6.07) is 21.6. The smallest absolute Gasteiger partial charge is 0.328 e. The molecule has 2 fully saturated rings. The van der Waals surface area contributed by atoms with E-state index >= 15 is 0 Å². The summed E-state index contributed by atoms with van der Waals surface area (Å²) in [5.74, 6) is -6.13. The van der Waals surface area contributed by atoms with Gasteiger partial charge >= 0.3 is 35.8 Å². The number of carboxylic acid groups (broad SMARTS) is 6. The van der Waals surface area contributed by atoms with Crippen LogP contribution in [-0.2, 0) is 41.9 Å². The molecule has 2 aromatic heterocycles. The van der Waals surface area contributed by atoms with Crippen LogP contribution in [0.1, 0.15) is 69.2 Å². The average Bonchev–Trinajstić information content (AvgIpc) is 4.02. The summed E-state index contributed by atoms with van der Waals surface area (Å²) in [7, 11) is 3.02. The fourth-order valence-corrected chi connectivity index (χ4v) is 6.87. The summed E-state index contributed by atoms with van der Waals surface area (Å²) >= 11 is 0. The number of benzene rings is 2. The first kappa shape index (κ1) is 61.2. The minimum absolute atomic E-state index is 0.191. The number of carbonyl (C=O) groups excluding carboxylic acids is 2. The molecule has 2 aliphatic heterocycles. The maximum absolute atomic E-state index is 12.5. The molecule has 2 aromatic carbocycles. The van der Waals surface area contributed by atoms with E-state index in [1.807, 2.05) is 12.1 Å². The molecule has 24 nitrogen and oxygen atoms in total. The van der Waals surface area contributed by atoms with Crippen molar-refractivity contribution < 1.29 is 78.5 Å². The molecule has 2 atom stereocenters. The van der Waals surface area contributed by atoms with Crippen LogP contribution < -0.4 is 20.1 Å². The number of aromatic nitrogens is 4. The van der Waals surface area contributed by atoms with Crippen LogP contribution in [0, 0.1) is 13.8 Å². The third-order valence-corrected chi connectivity index (χ3v) is 10.2. The molecule has 0 radical (unpaired) electrons. The third-order valence-electron chi connectivity index (χ3n) is 10.2. The van der Waals surface area contributed by atoms with E-state index in [2.05, 4.69) is 88.9 Å². The minimum Gasteiger partial charge on any atom is -0.480 e. The Balaban J connectivity index is 0.000000355. The van der Waals surface area contributed by atoms with E-state index < -0.39 is 35.8 Å². The van der Waals surface area contributed by atoms with Gasteiger partial charge < -0.3 is 50.7 Å². The highest BCUT2D eigenvalue weighted by molar-refractivity contribution is 5.96. The zero-order chi connectivity index (χ0) is 55.0. The maximum Gasteiger partial charge on any atom is 0.328 e. The SMILES string of the molecule is COc1nc(C)ncc1C(=O)NCC1CCCN1Cc1ccccc1.COc1nc(C)ncc1C(=O)NCC1CCCN1Cc1ccccc1.O=C(O)/C=C\C(=O)O.O=C(O)/C=C\C(=O)O.O=C(O)/C=C\C(=O)O. The van der Waals surface area contributed by atoms with Gasteiger partial charge in [0, 0.05) is 87.1 Å². The lowest BCUT2D eigenvalue weighted by Crippen LogP contribution is -2.40. The number of likely N-dealkylation sites (tertiary alicyclic amines) is 2. The Bertz CT molecular complexity index is 2320. The van der Waals surface area contributed by atoms with Crippen molar-refractivity contribution in [3.63, 3.8) is 0 Å². The van der Waals surface area contributed by atoms with Crippen LogP contribution >= 0.6 is 0 Å². The largest absolute Gasteiger partial charge is 0.480 e. The van der Waals surface area contributed by atoms with Crippen molar-refractivity contribution in [2.45, 2.75) is 64.7 Å². The highest BCUT2D eigenvalue weighted by atomic mass is 16.5. The van der Waals surface area contributed by atoms with E-state index in [4.69, 9.17) is 40.1 Å². The lowest BCUT2D eigenvalue weighted by atomic mass is 10.1. The number of carbonyl (C=O) groups is 8. The molecule has 6 rings (SSSR count). The first-order chi connectivity index (χ1) is 35.2. The number of ether oxygens (including phenoxy) is 2. The van der Waals surface area contributed by atoms with Crippen molar-refractivity contribution >= 4 is 47.6 Å². The van der Waals surface area contributed by atoms with Crippen molar-refractivity contribution in [3.05, 3.63) is 143 Å². The van der Waals surface area contributed by atoms with Gasteiger partial charge in [0.2, 0.25) is 11.8 Å². The molecule has 2 unspecified atom stereocenters. The lowest BCUT2D eigenvalue weighted by Gasteiger charge is -2.24. The molecular formula is C50H60N8O16. The molecule has 4 heterocycles. The summed E-state index contributed by atoms with van der Waals surface area (Å²) in [5, 5.41) is 52.9. The number of hydrogen-bond acceptors (Lipinski definition) is 16. The number of aryl methyl sites for hydroxylation is 2. The molecule has 2 saturated heterocycles. The predicted molar refractivity (Wildman–Crippen MR) is 264 cm³/mol. The predicted octanol–water partition coefficient (Wildman–Crippen LogP) is 3.51. The molecule has 2 aliphatic rings. The van der Waals surface area contributed by atoms with E-state index in [-0.39, 0.29) is 11.8 Å². The molecule has 2 amide bonds. The fraction of sp³-hybridized carbons (Fsp3) is 0.320. The Kier molecular flexibility index (Phi) is 27.8. The van der Waals surface area contributed by atoms with Gasteiger partial charge in [0.05, 0.1) is 14.2 Å². The molecule has 0 saturated carbocycles. The van der Waals surface area contributed by atoms with Gasteiger partial charge in [-0.3, -0.25) is 19.4 Å². The Morgan fingerprint density at radius 2 is 0.824 bits per heavy atom. The van der Waals surface area contributed by atoms with Crippen molar-refractivity contribution in [1.29, 1.82) is 0 Å². The molecular weight excluding hydrogens is 969 g/mol. The molecule has 4 aromatic rings. The molecule has 24 heteroatoms. The zero-order valence-electron chi connectivity index (χ0n) is 41.1. The standard InChI is InChI=1S/2C19H24N4O2.3C4H4O4/c2*1-14-20-12-17(19(22-14)25-2)18(24)21-11-16-9-6-10-23(16)13-15-7-4-3-5-8-15;3*5-3(6)1-2-4(7)8/h2*3-5,7-8,12,16H,6,9-11,13H2,1-2H3,(H,21,24);3*1-2H,(H,5,6)(H,7,8)/b;;3*2-1-. The molecule has 0 bridgehead atoms. The highest BCUT2D eigenvalue weighted by Gasteiger charge is 2.27. The molecule has 74 heavy (non-hydrogen) atoms. The lowest BCUT2D eigenvalue weighted by molar-refractivity contribution is -0.134. The first-order valence-corrected chi connectivity index (χ1v) is 22.5. The fourth-order valence-electron chi connectivity index (χ4n) is 6.87. The Morgan fingerprint density at radius 3 is 1.09 bits per heavy atom. The van der Waals surface area contributed by atoms with Crippen LogP contribution in [0.25, 0.3) is 0 Å². The van der Waals surface area contributed by atoms with Crippen LogP contribution in [0.3, 0.4) is 0 Å². The second-order valence-electron chi connectivity index (χ2n) is 15.6. The van der Waals surface area contributed by atoms with Gasteiger partial charge in [-0.25, -0.2) is 38.7 Å². The normalized spacial score (nSPS) is 14.9. The van der Waals surface area contributed by atoms with E-state index in [1.165, 1.54) is 37.7 Å². The summed E-state index contributed by atoms with van der Waals surface area (Å²) in [6.45, 7) is 8.72. The number of nitrogens with one attached hydrogen (secondary N) is 2. The number of amides is 2. The summed E-state index contributed by atoms with van der Waals surface area (Å²) < 4.78 is 10.4. The first-order valence-electron chi connectivity index (χ1n) is 22.5. The quantitative estimate of drug-likeness (QED) is 0.0661. The van der Waals surface area contributed by atoms with Gasteiger partial charge in [-0.2, -0.15) is 9.97 Å². The van der Waals surface area contributed by atoms with Gasteiger partial charge in [-0.15, -0.1) is 0 Å². The van der Waals surface area contributed by atoms with Gasteiger partial charge in [0.1, 0.15) is 22.8 Å². The number of methoxy groups -OCH3 is 2. The maximum atomic E-state index is 12.5. The molecule has 8 N–H and O–H groups in total. The topological polar surface area (TPSA) is 358 Å². The minimum atomic E-state index is -1.26.